The SMILES string of the molecule is CN1CCC(=O)CC1.O=S(=O)(O)c1ccccc1. The Morgan fingerprint density at radius 1 is 1.11 bits per heavy atom. The van der Waals surface area contributed by atoms with Crippen LogP contribution in [0.2, 0.25) is 0 Å². The van der Waals surface area contributed by atoms with E-state index >= 15 is 0 Å². The standard InChI is InChI=1S/C6H11NO.C6H6O3S/c1-7-4-2-6(8)3-5-7;7-10(8,9)6-4-2-1-3-5-6/h2-5H2,1H3;1-5H,(H,7,8,9). The average Bonchev–Trinajstić information content (AvgIpc) is 2.34. The number of carbonyl (C=O) groups excluding carboxylic acids is 1. The van der Waals surface area contributed by atoms with E-state index in [1.807, 2.05) is 7.05 Å². The van der Waals surface area contributed by atoms with Gasteiger partial charge in [-0.15, -0.1) is 0 Å². The van der Waals surface area contributed by atoms with Crippen LogP contribution in [-0.4, -0.2) is 43.8 Å². The molecular formula is C12H17NO4S. The van der Waals surface area contributed by atoms with E-state index in [2.05, 4.69) is 4.90 Å². The van der Waals surface area contributed by atoms with Crippen LogP contribution in [0.1, 0.15) is 12.8 Å². The maximum atomic E-state index is 10.6. The number of rotatable bonds is 1. The van der Waals surface area contributed by atoms with Gasteiger partial charge in [0.15, 0.2) is 0 Å². The van der Waals surface area contributed by atoms with Crippen molar-refractivity contribution in [3.63, 3.8) is 0 Å². The van der Waals surface area contributed by atoms with Crippen molar-refractivity contribution in [1.29, 1.82) is 0 Å². The molecule has 2 rings (SSSR count). The molecule has 0 bridgehead atoms. The van der Waals surface area contributed by atoms with Crippen LogP contribution in [0.25, 0.3) is 0 Å². The second-order valence-corrected chi connectivity index (χ2v) is 5.55. The number of carbonyl (C=O) groups is 1. The lowest BCUT2D eigenvalue weighted by molar-refractivity contribution is -0.121. The summed E-state index contributed by atoms with van der Waals surface area (Å²) in [7, 11) is -1.95. The fourth-order valence-electron chi connectivity index (χ4n) is 1.46. The zero-order valence-electron chi connectivity index (χ0n) is 10.2. The molecule has 0 radical (unpaired) electrons. The Balaban J connectivity index is 0.000000184. The fraction of sp³-hybridized carbons (Fsp3) is 0.417. The minimum Gasteiger partial charge on any atom is -0.305 e. The van der Waals surface area contributed by atoms with E-state index in [1.165, 1.54) is 12.1 Å². The van der Waals surface area contributed by atoms with Crippen LogP contribution < -0.4 is 0 Å². The summed E-state index contributed by atoms with van der Waals surface area (Å²) in [4.78, 5) is 12.7. The first-order valence-corrected chi connectivity index (χ1v) is 7.06. The van der Waals surface area contributed by atoms with Crippen LogP contribution >= 0.6 is 0 Å². The summed E-state index contributed by atoms with van der Waals surface area (Å²) in [6, 6.07) is 7.42. The third kappa shape index (κ3) is 5.39. The number of likely N-dealkylation sites (tertiary alicyclic amines) is 1. The lowest BCUT2D eigenvalue weighted by atomic mass is 10.1. The average molecular weight is 271 g/mol. The van der Waals surface area contributed by atoms with E-state index in [1.54, 1.807) is 18.2 Å². The van der Waals surface area contributed by atoms with Crippen LogP contribution in [0, 0.1) is 0 Å². The summed E-state index contributed by atoms with van der Waals surface area (Å²) < 4.78 is 29.2. The Morgan fingerprint density at radius 3 is 1.94 bits per heavy atom. The molecule has 0 unspecified atom stereocenters. The zero-order chi connectivity index (χ0) is 13.6. The molecule has 0 atom stereocenters. The summed E-state index contributed by atoms with van der Waals surface area (Å²) in [5.41, 5.74) is 0. The van der Waals surface area contributed by atoms with Crippen molar-refractivity contribution >= 4 is 15.9 Å². The van der Waals surface area contributed by atoms with Gasteiger partial charge in [-0.1, -0.05) is 18.2 Å². The van der Waals surface area contributed by atoms with Crippen LogP contribution in [0.5, 0.6) is 0 Å². The number of hydrogen-bond acceptors (Lipinski definition) is 4. The van der Waals surface area contributed by atoms with E-state index in [0.717, 1.165) is 25.9 Å². The summed E-state index contributed by atoms with van der Waals surface area (Å²) in [6.45, 7) is 1.91. The molecule has 1 heterocycles. The van der Waals surface area contributed by atoms with Crippen LogP contribution in [-0.2, 0) is 14.9 Å². The van der Waals surface area contributed by atoms with Crippen molar-refractivity contribution in [2.75, 3.05) is 20.1 Å². The number of nitrogens with zero attached hydrogens (tertiary/aromatic N) is 1. The third-order valence-electron chi connectivity index (χ3n) is 2.59. The molecule has 1 aliphatic heterocycles. The normalized spacial score (nSPS) is 16.9. The Labute approximate surface area is 107 Å². The number of piperidine rings is 1. The largest absolute Gasteiger partial charge is 0.305 e. The fourth-order valence-corrected chi connectivity index (χ4v) is 1.96. The summed E-state index contributed by atoms with van der Waals surface area (Å²) in [5, 5.41) is 0. The first-order chi connectivity index (χ1) is 8.39. The van der Waals surface area contributed by atoms with Crippen molar-refractivity contribution in [2.24, 2.45) is 0 Å². The predicted molar refractivity (Wildman–Crippen MR) is 68.0 cm³/mol. The lowest BCUT2D eigenvalue weighted by Gasteiger charge is -2.19. The van der Waals surface area contributed by atoms with Crippen molar-refractivity contribution in [3.8, 4) is 0 Å². The number of Topliss-reactive ketones (excluding diaryl/α,β-unsaturated/α-hetero) is 1. The maximum absolute atomic E-state index is 10.6. The third-order valence-corrected chi connectivity index (χ3v) is 3.45. The molecular weight excluding hydrogens is 254 g/mol. The van der Waals surface area contributed by atoms with Gasteiger partial charge in [0, 0.05) is 25.9 Å². The Kier molecular flexibility index (Phi) is 5.46. The highest BCUT2D eigenvalue weighted by Crippen LogP contribution is 2.05. The minimum atomic E-state index is -4.00. The molecule has 1 N–H and O–H groups in total. The van der Waals surface area contributed by atoms with Crippen LogP contribution in [0.15, 0.2) is 35.2 Å². The van der Waals surface area contributed by atoms with Gasteiger partial charge >= 0.3 is 0 Å². The van der Waals surface area contributed by atoms with Crippen LogP contribution in [0.3, 0.4) is 0 Å². The summed E-state index contributed by atoms with van der Waals surface area (Å²) in [5.74, 6) is 0.420. The molecule has 1 aromatic carbocycles. The van der Waals surface area contributed by atoms with E-state index in [0.29, 0.717) is 5.78 Å². The van der Waals surface area contributed by atoms with Crippen molar-refractivity contribution < 1.29 is 17.8 Å². The van der Waals surface area contributed by atoms with Crippen molar-refractivity contribution in [2.45, 2.75) is 17.7 Å². The summed E-state index contributed by atoms with van der Waals surface area (Å²) >= 11 is 0. The van der Waals surface area contributed by atoms with Crippen molar-refractivity contribution in [3.05, 3.63) is 30.3 Å². The Bertz CT molecular complexity index is 474. The minimum absolute atomic E-state index is 0.0741. The molecule has 0 spiro atoms. The Morgan fingerprint density at radius 2 is 1.61 bits per heavy atom. The van der Waals surface area contributed by atoms with E-state index < -0.39 is 10.1 Å². The molecule has 0 aromatic heterocycles. The van der Waals surface area contributed by atoms with Gasteiger partial charge in [0.2, 0.25) is 0 Å². The second-order valence-electron chi connectivity index (χ2n) is 4.13. The number of benzene rings is 1. The smallest absolute Gasteiger partial charge is 0.294 e. The van der Waals surface area contributed by atoms with Gasteiger partial charge in [-0.25, -0.2) is 0 Å². The van der Waals surface area contributed by atoms with Gasteiger partial charge < -0.3 is 4.90 Å². The molecule has 18 heavy (non-hydrogen) atoms. The number of hydrogen-bond donors (Lipinski definition) is 1. The summed E-state index contributed by atoms with van der Waals surface area (Å²) in [6.07, 6.45) is 1.52. The molecule has 1 aromatic rings. The van der Waals surface area contributed by atoms with Gasteiger partial charge in [-0.3, -0.25) is 9.35 Å². The van der Waals surface area contributed by atoms with Gasteiger partial charge in [0.1, 0.15) is 5.78 Å². The molecule has 100 valence electrons. The van der Waals surface area contributed by atoms with E-state index in [4.69, 9.17) is 4.55 Å². The maximum Gasteiger partial charge on any atom is 0.294 e. The molecule has 0 saturated carbocycles. The van der Waals surface area contributed by atoms with Crippen LogP contribution in [0.4, 0.5) is 0 Å². The zero-order valence-corrected chi connectivity index (χ0v) is 11.1. The molecule has 0 aliphatic carbocycles. The topological polar surface area (TPSA) is 74.7 Å². The quantitative estimate of drug-likeness (QED) is 0.777. The van der Waals surface area contributed by atoms with E-state index in [-0.39, 0.29) is 4.90 Å². The molecule has 5 nitrogen and oxygen atoms in total. The molecule has 1 fully saturated rings. The molecule has 6 heteroatoms. The van der Waals surface area contributed by atoms with Gasteiger partial charge in [-0.2, -0.15) is 8.42 Å². The van der Waals surface area contributed by atoms with Gasteiger partial charge in [-0.05, 0) is 19.2 Å². The highest BCUT2D eigenvalue weighted by molar-refractivity contribution is 7.85. The van der Waals surface area contributed by atoms with E-state index in [9.17, 15) is 13.2 Å². The first-order valence-electron chi connectivity index (χ1n) is 5.62. The molecule has 0 amide bonds. The lowest BCUT2D eigenvalue weighted by Crippen LogP contribution is -2.29. The highest BCUT2D eigenvalue weighted by atomic mass is 32.2. The molecule has 1 saturated heterocycles. The Hall–Kier alpha value is -1.24. The van der Waals surface area contributed by atoms with Gasteiger partial charge in [0.05, 0.1) is 4.90 Å². The predicted octanol–water partition coefficient (Wildman–Crippen LogP) is 1.21. The second kappa shape index (κ2) is 6.63. The van der Waals surface area contributed by atoms with Gasteiger partial charge in [0.25, 0.3) is 10.1 Å². The molecule has 1 aliphatic rings. The number of ketones is 1. The highest BCUT2D eigenvalue weighted by Gasteiger charge is 2.11. The van der Waals surface area contributed by atoms with Crippen molar-refractivity contribution in [1.82, 2.24) is 4.90 Å². The first kappa shape index (κ1) is 14.8. The monoisotopic (exact) mass is 271 g/mol.